The van der Waals surface area contributed by atoms with Crippen molar-refractivity contribution in [2.24, 2.45) is 10.1 Å². The molecule has 0 N–H and O–H groups in total. The minimum absolute atomic E-state index is 0.604. The lowest BCUT2D eigenvalue weighted by Crippen LogP contribution is -2.12. The second kappa shape index (κ2) is 7.04. The third-order valence-corrected chi connectivity index (χ3v) is 3.91. The van der Waals surface area contributed by atoms with Crippen LogP contribution in [-0.4, -0.2) is 31.5 Å². The third kappa shape index (κ3) is 3.92. The van der Waals surface area contributed by atoms with Crippen LogP contribution in [0.2, 0.25) is 0 Å². The average molecular weight is 300 g/mol. The minimum Gasteiger partial charge on any atom is -0.378 e. The molecular weight excluding hydrogens is 280 g/mol. The molecule has 1 aromatic heterocycles. The molecule has 1 heterocycles. The molecule has 0 saturated heterocycles. The van der Waals surface area contributed by atoms with Crippen molar-refractivity contribution in [3.05, 3.63) is 58.4 Å². The number of aromatic nitrogens is 1. The standard InChI is InChI=1S/C16H20N4S/c1-5-10-17-16-20(13(2)12-21-16)18-11-14-6-8-15(9-7-14)19(3)4/h5-9,11-12H,1,10H2,2-4H3. The van der Waals surface area contributed by atoms with Gasteiger partial charge in [0.25, 0.3) is 0 Å². The molecule has 0 amide bonds. The van der Waals surface area contributed by atoms with Crippen LogP contribution in [0, 0.1) is 6.92 Å². The molecule has 0 aliphatic rings. The molecule has 1 aromatic carbocycles. The summed E-state index contributed by atoms with van der Waals surface area (Å²) in [5.74, 6) is 0. The maximum atomic E-state index is 4.52. The SMILES string of the molecule is C=CCN=c1scc(C)n1N=Cc1ccc(N(C)C)cc1. The van der Waals surface area contributed by atoms with E-state index in [-0.39, 0.29) is 0 Å². The van der Waals surface area contributed by atoms with E-state index < -0.39 is 0 Å². The van der Waals surface area contributed by atoms with E-state index in [9.17, 15) is 0 Å². The molecule has 21 heavy (non-hydrogen) atoms. The fourth-order valence-electron chi connectivity index (χ4n) is 1.76. The van der Waals surface area contributed by atoms with Gasteiger partial charge >= 0.3 is 0 Å². The number of hydrogen-bond acceptors (Lipinski definition) is 4. The fourth-order valence-corrected chi connectivity index (χ4v) is 2.57. The van der Waals surface area contributed by atoms with E-state index in [1.54, 1.807) is 17.4 Å². The van der Waals surface area contributed by atoms with Gasteiger partial charge < -0.3 is 4.90 Å². The Morgan fingerprint density at radius 1 is 1.29 bits per heavy atom. The zero-order valence-electron chi connectivity index (χ0n) is 12.7. The van der Waals surface area contributed by atoms with Gasteiger partial charge in [-0.3, -0.25) is 4.99 Å². The van der Waals surface area contributed by atoms with Crippen LogP contribution in [-0.2, 0) is 0 Å². The lowest BCUT2D eigenvalue weighted by molar-refractivity contribution is 0.799. The summed E-state index contributed by atoms with van der Waals surface area (Å²) in [6.07, 6.45) is 3.63. The fraction of sp³-hybridized carbons (Fsp3) is 0.250. The Kier molecular flexibility index (Phi) is 5.11. The highest BCUT2D eigenvalue weighted by Crippen LogP contribution is 2.11. The summed E-state index contributed by atoms with van der Waals surface area (Å²) in [6.45, 7) is 6.32. The quantitative estimate of drug-likeness (QED) is 0.617. The third-order valence-electron chi connectivity index (χ3n) is 2.94. The second-order valence-corrected chi connectivity index (χ2v) is 5.67. The minimum atomic E-state index is 0.604. The van der Waals surface area contributed by atoms with Crippen molar-refractivity contribution in [1.29, 1.82) is 0 Å². The van der Waals surface area contributed by atoms with Gasteiger partial charge in [-0.05, 0) is 24.6 Å². The van der Waals surface area contributed by atoms with Crippen LogP contribution in [0.1, 0.15) is 11.3 Å². The monoisotopic (exact) mass is 300 g/mol. The first-order valence-electron chi connectivity index (χ1n) is 6.72. The number of aryl methyl sites for hydroxylation is 1. The van der Waals surface area contributed by atoms with Gasteiger partial charge in [-0.1, -0.05) is 18.2 Å². The Morgan fingerprint density at radius 3 is 2.62 bits per heavy atom. The zero-order chi connectivity index (χ0) is 15.2. The van der Waals surface area contributed by atoms with Gasteiger partial charge in [0.05, 0.1) is 18.5 Å². The van der Waals surface area contributed by atoms with Gasteiger partial charge in [0, 0.05) is 25.2 Å². The molecule has 0 aliphatic heterocycles. The lowest BCUT2D eigenvalue weighted by atomic mass is 10.2. The molecule has 4 nitrogen and oxygen atoms in total. The summed E-state index contributed by atoms with van der Waals surface area (Å²) in [4.78, 5) is 7.40. The maximum absolute atomic E-state index is 4.52. The van der Waals surface area contributed by atoms with E-state index in [1.165, 1.54) is 5.69 Å². The predicted octanol–water partition coefficient (Wildman–Crippen LogP) is 2.89. The van der Waals surface area contributed by atoms with Crippen molar-refractivity contribution >= 4 is 23.2 Å². The first-order chi connectivity index (χ1) is 10.1. The Morgan fingerprint density at radius 2 is 2.00 bits per heavy atom. The van der Waals surface area contributed by atoms with Gasteiger partial charge in [-0.2, -0.15) is 5.10 Å². The first kappa shape index (κ1) is 15.3. The molecular formula is C16H20N4S. The summed E-state index contributed by atoms with van der Waals surface area (Å²) < 4.78 is 1.86. The van der Waals surface area contributed by atoms with Crippen molar-refractivity contribution in [2.75, 3.05) is 25.5 Å². The van der Waals surface area contributed by atoms with Gasteiger partial charge in [0.1, 0.15) is 0 Å². The molecule has 0 radical (unpaired) electrons. The predicted molar refractivity (Wildman–Crippen MR) is 91.4 cm³/mol. The number of thiazole rings is 1. The van der Waals surface area contributed by atoms with Crippen LogP contribution in [0.3, 0.4) is 0 Å². The van der Waals surface area contributed by atoms with Crippen molar-refractivity contribution in [2.45, 2.75) is 6.92 Å². The van der Waals surface area contributed by atoms with E-state index >= 15 is 0 Å². The summed E-state index contributed by atoms with van der Waals surface area (Å²) in [6, 6.07) is 8.27. The molecule has 0 saturated carbocycles. The van der Waals surface area contributed by atoms with E-state index in [0.29, 0.717) is 6.54 Å². The van der Waals surface area contributed by atoms with Crippen molar-refractivity contribution < 1.29 is 0 Å². The first-order valence-corrected chi connectivity index (χ1v) is 7.60. The van der Waals surface area contributed by atoms with Crippen LogP contribution < -0.4 is 9.70 Å². The van der Waals surface area contributed by atoms with Gasteiger partial charge in [0.2, 0.25) is 4.80 Å². The van der Waals surface area contributed by atoms with Crippen LogP contribution in [0.4, 0.5) is 5.69 Å². The molecule has 0 unspecified atom stereocenters. The van der Waals surface area contributed by atoms with E-state index in [0.717, 1.165) is 16.1 Å². The maximum Gasteiger partial charge on any atom is 0.206 e. The highest BCUT2D eigenvalue weighted by atomic mass is 32.1. The van der Waals surface area contributed by atoms with Crippen molar-refractivity contribution in [3.63, 3.8) is 0 Å². The molecule has 2 aromatic rings. The highest BCUT2D eigenvalue weighted by Gasteiger charge is 1.99. The number of nitrogens with zero attached hydrogens (tertiary/aromatic N) is 4. The molecule has 2 rings (SSSR count). The number of benzene rings is 1. The Hall–Kier alpha value is -2.14. The molecule has 0 aliphatic carbocycles. The number of hydrogen-bond donors (Lipinski definition) is 0. The molecule has 0 bridgehead atoms. The van der Waals surface area contributed by atoms with Gasteiger partial charge in [-0.15, -0.1) is 17.9 Å². The van der Waals surface area contributed by atoms with Gasteiger partial charge in [0.15, 0.2) is 0 Å². The summed E-state index contributed by atoms with van der Waals surface area (Å²) >= 11 is 1.59. The zero-order valence-corrected chi connectivity index (χ0v) is 13.5. The van der Waals surface area contributed by atoms with Crippen molar-refractivity contribution in [3.8, 4) is 0 Å². The Labute approximate surface area is 129 Å². The van der Waals surface area contributed by atoms with Crippen LogP contribution in [0.5, 0.6) is 0 Å². The molecule has 5 heteroatoms. The van der Waals surface area contributed by atoms with E-state index in [4.69, 9.17) is 0 Å². The largest absolute Gasteiger partial charge is 0.378 e. The summed E-state index contributed by atoms with van der Waals surface area (Å²) in [5.41, 5.74) is 3.31. The molecule has 0 spiro atoms. The lowest BCUT2D eigenvalue weighted by Gasteiger charge is -2.11. The van der Waals surface area contributed by atoms with E-state index in [2.05, 4.69) is 51.2 Å². The van der Waals surface area contributed by atoms with Crippen LogP contribution in [0.25, 0.3) is 0 Å². The topological polar surface area (TPSA) is 32.9 Å². The second-order valence-electron chi connectivity index (χ2n) is 4.83. The van der Waals surface area contributed by atoms with Crippen LogP contribution in [0.15, 0.2) is 52.4 Å². The van der Waals surface area contributed by atoms with Crippen LogP contribution >= 0.6 is 11.3 Å². The normalized spacial score (nSPS) is 12.0. The molecule has 0 fully saturated rings. The Balaban J connectivity index is 2.25. The van der Waals surface area contributed by atoms with Crippen molar-refractivity contribution in [1.82, 2.24) is 4.68 Å². The average Bonchev–Trinajstić information content (AvgIpc) is 2.83. The Bertz CT molecular complexity index is 690. The molecule has 110 valence electrons. The number of rotatable bonds is 5. The summed E-state index contributed by atoms with van der Waals surface area (Å²) in [7, 11) is 4.06. The van der Waals surface area contributed by atoms with E-state index in [1.807, 2.05) is 31.9 Å². The highest BCUT2D eigenvalue weighted by molar-refractivity contribution is 7.07. The van der Waals surface area contributed by atoms with Gasteiger partial charge in [-0.25, -0.2) is 4.68 Å². The summed E-state index contributed by atoms with van der Waals surface area (Å²) in [5, 5.41) is 6.57. The smallest absolute Gasteiger partial charge is 0.206 e. The number of anilines is 1. The molecule has 0 atom stereocenters.